The maximum atomic E-state index is 2.53. The fraction of sp³-hybridized carbons (Fsp3) is 0.226. The third kappa shape index (κ3) is 2.86. The number of hydrogen-bond acceptors (Lipinski definition) is 1. The number of fused-ring (bicyclic) bond motifs is 4. The van der Waals surface area contributed by atoms with Crippen molar-refractivity contribution in [2.24, 2.45) is 0 Å². The molecule has 0 aromatic heterocycles. The Morgan fingerprint density at radius 2 is 1.36 bits per heavy atom. The molecule has 2 heterocycles. The molecule has 0 atom stereocenters. The number of para-hydroxylation sites is 2. The molecule has 33 heavy (non-hydrogen) atoms. The molecule has 0 bridgehead atoms. The normalized spacial score (nSPS) is 15.5. The molecule has 162 valence electrons. The summed E-state index contributed by atoms with van der Waals surface area (Å²) in [6, 6.07) is 34.1. The van der Waals surface area contributed by atoms with Gasteiger partial charge in [-0.15, -0.1) is 0 Å². The first-order valence-corrected chi connectivity index (χ1v) is 12.0. The van der Waals surface area contributed by atoms with E-state index in [0.29, 0.717) is 0 Å². The van der Waals surface area contributed by atoms with E-state index in [0.717, 1.165) is 0 Å². The minimum atomic E-state index is -0.0530. The Hall–Kier alpha value is -3.26. The van der Waals surface area contributed by atoms with Gasteiger partial charge in [0, 0.05) is 16.8 Å². The fourth-order valence-electron chi connectivity index (χ4n) is 5.89. The minimum Gasteiger partial charge on any atom is -0.311 e. The highest BCUT2D eigenvalue weighted by Gasteiger charge is 2.44. The molecular weight excluding hydrogens is 397 g/mol. The SMILES string of the molecule is CC(C)(C)c1ccc2c(c1)B(c1ccccc1)c1cccc3c1N2c1ccccc1C3(C)C. The molecule has 0 saturated heterocycles. The average Bonchev–Trinajstić information content (AvgIpc) is 2.81. The first-order chi connectivity index (χ1) is 15.8. The summed E-state index contributed by atoms with van der Waals surface area (Å²) in [6.45, 7) is 11.9. The van der Waals surface area contributed by atoms with E-state index >= 15 is 0 Å². The van der Waals surface area contributed by atoms with Gasteiger partial charge in [0.2, 0.25) is 6.71 Å². The van der Waals surface area contributed by atoms with Crippen molar-refractivity contribution >= 4 is 40.2 Å². The highest BCUT2D eigenvalue weighted by Crippen LogP contribution is 2.52. The zero-order valence-corrected chi connectivity index (χ0v) is 20.2. The van der Waals surface area contributed by atoms with Crippen molar-refractivity contribution in [3.63, 3.8) is 0 Å². The number of benzene rings is 4. The lowest BCUT2D eigenvalue weighted by molar-refractivity contribution is 0.591. The summed E-state index contributed by atoms with van der Waals surface area (Å²) in [4.78, 5) is 2.53. The van der Waals surface area contributed by atoms with Gasteiger partial charge in [0.1, 0.15) is 0 Å². The van der Waals surface area contributed by atoms with E-state index in [9.17, 15) is 0 Å². The third-order valence-corrected chi connectivity index (χ3v) is 7.67. The monoisotopic (exact) mass is 427 g/mol. The minimum absolute atomic E-state index is 0.0530. The highest BCUT2D eigenvalue weighted by molar-refractivity contribution is 6.98. The fourth-order valence-corrected chi connectivity index (χ4v) is 5.89. The molecule has 4 aromatic carbocycles. The Kier molecular flexibility index (Phi) is 4.24. The van der Waals surface area contributed by atoms with Gasteiger partial charge in [-0.25, -0.2) is 0 Å². The number of hydrogen-bond donors (Lipinski definition) is 0. The maximum absolute atomic E-state index is 2.53. The van der Waals surface area contributed by atoms with Crippen LogP contribution in [-0.4, -0.2) is 6.71 Å². The molecule has 0 radical (unpaired) electrons. The molecule has 0 N–H and O–H groups in total. The average molecular weight is 427 g/mol. The van der Waals surface area contributed by atoms with Crippen LogP contribution in [0.3, 0.4) is 0 Å². The summed E-state index contributed by atoms with van der Waals surface area (Å²) in [6.07, 6.45) is 0. The van der Waals surface area contributed by atoms with Crippen LogP contribution in [0.15, 0.2) is 91.0 Å². The topological polar surface area (TPSA) is 3.24 Å². The first kappa shape index (κ1) is 20.4. The number of anilines is 3. The Morgan fingerprint density at radius 3 is 2.12 bits per heavy atom. The van der Waals surface area contributed by atoms with E-state index in [4.69, 9.17) is 0 Å². The van der Waals surface area contributed by atoms with Gasteiger partial charge in [-0.05, 0) is 45.2 Å². The van der Waals surface area contributed by atoms with Crippen molar-refractivity contribution in [2.45, 2.75) is 45.4 Å². The van der Waals surface area contributed by atoms with Gasteiger partial charge in [-0.3, -0.25) is 0 Å². The lowest BCUT2D eigenvalue weighted by atomic mass is 9.34. The molecule has 0 unspecified atom stereocenters. The highest BCUT2D eigenvalue weighted by atomic mass is 15.2. The van der Waals surface area contributed by atoms with E-state index in [1.165, 1.54) is 50.1 Å². The zero-order chi connectivity index (χ0) is 23.0. The predicted octanol–water partition coefficient (Wildman–Crippen LogP) is 5.92. The van der Waals surface area contributed by atoms with Crippen molar-refractivity contribution in [3.05, 3.63) is 108 Å². The van der Waals surface area contributed by atoms with Gasteiger partial charge < -0.3 is 4.90 Å². The van der Waals surface area contributed by atoms with Crippen LogP contribution in [-0.2, 0) is 10.8 Å². The zero-order valence-electron chi connectivity index (χ0n) is 20.2. The quantitative estimate of drug-likeness (QED) is 0.300. The van der Waals surface area contributed by atoms with Crippen molar-refractivity contribution in [2.75, 3.05) is 4.90 Å². The maximum Gasteiger partial charge on any atom is 0.246 e. The number of rotatable bonds is 1. The predicted molar refractivity (Wildman–Crippen MR) is 143 cm³/mol. The summed E-state index contributed by atoms with van der Waals surface area (Å²) in [5.41, 5.74) is 12.4. The van der Waals surface area contributed by atoms with E-state index in [1.807, 2.05) is 0 Å². The van der Waals surface area contributed by atoms with Crippen molar-refractivity contribution in [1.29, 1.82) is 0 Å². The summed E-state index contributed by atoms with van der Waals surface area (Å²) >= 11 is 0. The molecule has 0 fully saturated rings. The van der Waals surface area contributed by atoms with Crippen molar-refractivity contribution in [3.8, 4) is 0 Å². The Balaban J connectivity index is 1.73. The van der Waals surface area contributed by atoms with Gasteiger partial charge in [-0.2, -0.15) is 0 Å². The van der Waals surface area contributed by atoms with Crippen molar-refractivity contribution < 1.29 is 0 Å². The summed E-state index contributed by atoms with van der Waals surface area (Å²) in [5.74, 6) is 0. The van der Waals surface area contributed by atoms with Gasteiger partial charge >= 0.3 is 0 Å². The van der Waals surface area contributed by atoms with Crippen LogP contribution >= 0.6 is 0 Å². The summed E-state index contributed by atoms with van der Waals surface area (Å²) < 4.78 is 0. The Morgan fingerprint density at radius 1 is 0.667 bits per heavy atom. The molecule has 2 aliphatic heterocycles. The van der Waals surface area contributed by atoms with E-state index in [2.05, 4.69) is 131 Å². The van der Waals surface area contributed by atoms with Crippen LogP contribution in [0.2, 0.25) is 0 Å². The van der Waals surface area contributed by atoms with Gasteiger partial charge in [0.15, 0.2) is 0 Å². The second-order valence-electron chi connectivity index (χ2n) is 11.1. The standard InChI is InChI=1S/C31H30BN/c1-30(2,3)21-18-19-28-26(20-21)32(22-12-7-6-8-13-22)25-16-11-15-24-29(25)33(28)27-17-10-9-14-23(27)31(24,4)5/h6-20H,1-5H3. The smallest absolute Gasteiger partial charge is 0.246 e. The molecule has 0 spiro atoms. The molecule has 0 aliphatic carbocycles. The molecular formula is C31H30BN. The van der Waals surface area contributed by atoms with Crippen LogP contribution in [0.25, 0.3) is 0 Å². The largest absolute Gasteiger partial charge is 0.311 e. The van der Waals surface area contributed by atoms with Gasteiger partial charge in [0.25, 0.3) is 0 Å². The first-order valence-electron chi connectivity index (χ1n) is 12.0. The molecule has 6 rings (SSSR count). The lowest BCUT2D eigenvalue weighted by Crippen LogP contribution is -2.58. The second-order valence-corrected chi connectivity index (χ2v) is 11.1. The van der Waals surface area contributed by atoms with Crippen molar-refractivity contribution in [1.82, 2.24) is 0 Å². The summed E-state index contributed by atoms with van der Waals surface area (Å²) in [5, 5.41) is 0. The van der Waals surface area contributed by atoms with Gasteiger partial charge in [0.05, 0.1) is 5.69 Å². The van der Waals surface area contributed by atoms with E-state index in [-0.39, 0.29) is 17.5 Å². The molecule has 0 amide bonds. The van der Waals surface area contributed by atoms with Crippen LogP contribution in [0.4, 0.5) is 17.1 Å². The van der Waals surface area contributed by atoms with Crippen LogP contribution in [0.5, 0.6) is 0 Å². The van der Waals surface area contributed by atoms with Crippen LogP contribution in [0.1, 0.15) is 51.3 Å². The van der Waals surface area contributed by atoms with E-state index in [1.54, 1.807) is 0 Å². The third-order valence-electron chi connectivity index (χ3n) is 7.67. The van der Waals surface area contributed by atoms with Crippen LogP contribution in [0, 0.1) is 0 Å². The Labute approximate surface area is 198 Å². The van der Waals surface area contributed by atoms with Gasteiger partial charge in [-0.1, -0.05) is 119 Å². The summed E-state index contributed by atoms with van der Waals surface area (Å²) in [7, 11) is 0. The second kappa shape index (κ2) is 6.87. The molecule has 2 aliphatic rings. The Bertz CT molecular complexity index is 1380. The molecule has 4 aromatic rings. The molecule has 2 heteroatoms. The molecule has 1 nitrogen and oxygen atoms in total. The molecule has 0 saturated carbocycles. The van der Waals surface area contributed by atoms with Crippen LogP contribution < -0.4 is 21.3 Å². The lowest BCUT2D eigenvalue weighted by Gasteiger charge is -2.47. The van der Waals surface area contributed by atoms with E-state index < -0.39 is 0 Å². The number of nitrogens with zero attached hydrogens (tertiary/aromatic N) is 1.